The smallest absolute Gasteiger partial charge is 0.163 e. The van der Waals surface area contributed by atoms with Crippen molar-refractivity contribution in [3.8, 4) is 0 Å². The molecule has 2 nitrogen and oxygen atoms in total. The quantitative estimate of drug-likeness (QED) is 0.844. The molecule has 0 heterocycles. The van der Waals surface area contributed by atoms with E-state index in [0.29, 0.717) is 11.1 Å². The zero-order valence-electron chi connectivity index (χ0n) is 11.4. The minimum absolute atomic E-state index is 0.229. The van der Waals surface area contributed by atoms with Gasteiger partial charge in [-0.05, 0) is 32.4 Å². The van der Waals surface area contributed by atoms with E-state index in [1.165, 1.54) is 0 Å². The molecule has 0 amide bonds. The molecule has 0 saturated heterocycles. The number of aryl methyl sites for hydroxylation is 1. The van der Waals surface area contributed by atoms with Crippen molar-refractivity contribution in [3.05, 3.63) is 34.9 Å². The van der Waals surface area contributed by atoms with Gasteiger partial charge in [0.2, 0.25) is 0 Å². The van der Waals surface area contributed by atoms with Crippen molar-refractivity contribution < 1.29 is 13.5 Å². The maximum absolute atomic E-state index is 14.0. The van der Waals surface area contributed by atoms with Crippen LogP contribution in [0.15, 0.2) is 12.1 Å². The summed E-state index contributed by atoms with van der Waals surface area (Å²) in [4.78, 5) is 0. The first kappa shape index (κ1) is 15.1. The van der Waals surface area contributed by atoms with Gasteiger partial charge < -0.3 is 10.1 Å². The molecule has 0 bridgehead atoms. The summed E-state index contributed by atoms with van der Waals surface area (Å²) in [6.07, 6.45) is 0.691. The molecule has 0 spiro atoms. The number of benzene rings is 1. The van der Waals surface area contributed by atoms with Gasteiger partial charge in [-0.2, -0.15) is 0 Å². The predicted molar refractivity (Wildman–Crippen MR) is 68.6 cm³/mol. The number of halogens is 2. The maximum Gasteiger partial charge on any atom is 0.163 e. The summed E-state index contributed by atoms with van der Waals surface area (Å²) in [5, 5.41) is 3.19. The van der Waals surface area contributed by atoms with Crippen LogP contribution in [-0.4, -0.2) is 19.8 Å². The summed E-state index contributed by atoms with van der Waals surface area (Å²) in [5.41, 5.74) is 0.636. The van der Waals surface area contributed by atoms with Gasteiger partial charge in [0.1, 0.15) is 0 Å². The fourth-order valence-electron chi connectivity index (χ4n) is 1.87. The fourth-order valence-corrected chi connectivity index (χ4v) is 1.87. The molecule has 102 valence electrons. The van der Waals surface area contributed by atoms with Crippen molar-refractivity contribution in [3.63, 3.8) is 0 Å². The van der Waals surface area contributed by atoms with Gasteiger partial charge >= 0.3 is 0 Å². The van der Waals surface area contributed by atoms with Crippen LogP contribution >= 0.6 is 0 Å². The lowest BCUT2D eigenvalue weighted by atomic mass is 9.99. The molecule has 0 aliphatic heterocycles. The molecule has 4 heteroatoms. The van der Waals surface area contributed by atoms with Crippen LogP contribution in [0.4, 0.5) is 8.78 Å². The Hall–Kier alpha value is -1.00. The molecular formula is C14H21F2NO. The summed E-state index contributed by atoms with van der Waals surface area (Å²) < 4.78 is 32.8. The SMILES string of the molecule is CCCNC(c1ccc(C)c(F)c1F)C(C)OC. The van der Waals surface area contributed by atoms with Gasteiger partial charge in [0.15, 0.2) is 11.6 Å². The highest BCUT2D eigenvalue weighted by molar-refractivity contribution is 5.28. The Labute approximate surface area is 107 Å². The molecule has 0 fully saturated rings. The number of methoxy groups -OCH3 is 1. The van der Waals surface area contributed by atoms with E-state index >= 15 is 0 Å². The molecule has 0 saturated carbocycles. The lowest BCUT2D eigenvalue weighted by molar-refractivity contribution is 0.0815. The molecule has 2 atom stereocenters. The standard InChI is InChI=1S/C14H21F2NO/c1-5-8-17-14(10(3)18-4)11-7-6-9(2)12(15)13(11)16/h6-7,10,14,17H,5,8H2,1-4H3. The summed E-state index contributed by atoms with van der Waals surface area (Å²) >= 11 is 0. The van der Waals surface area contributed by atoms with Gasteiger partial charge in [-0.15, -0.1) is 0 Å². The molecule has 1 N–H and O–H groups in total. The lowest BCUT2D eigenvalue weighted by Gasteiger charge is -2.25. The summed E-state index contributed by atoms with van der Waals surface area (Å²) in [6, 6.07) is 2.87. The molecule has 0 radical (unpaired) electrons. The molecule has 1 rings (SSSR count). The first-order valence-electron chi connectivity index (χ1n) is 6.23. The predicted octanol–water partition coefficient (Wildman–Crippen LogP) is 3.35. The lowest BCUT2D eigenvalue weighted by Crippen LogP contribution is -2.33. The largest absolute Gasteiger partial charge is 0.380 e. The topological polar surface area (TPSA) is 21.3 Å². The van der Waals surface area contributed by atoms with E-state index in [1.807, 2.05) is 13.8 Å². The summed E-state index contributed by atoms with van der Waals surface area (Å²) in [5.74, 6) is -1.56. The highest BCUT2D eigenvalue weighted by Gasteiger charge is 2.23. The van der Waals surface area contributed by atoms with Crippen molar-refractivity contribution in [2.75, 3.05) is 13.7 Å². The Morgan fingerprint density at radius 3 is 2.50 bits per heavy atom. The Bertz CT molecular complexity index is 396. The van der Waals surface area contributed by atoms with E-state index in [-0.39, 0.29) is 12.1 Å². The van der Waals surface area contributed by atoms with Crippen LogP contribution in [0.25, 0.3) is 0 Å². The fraction of sp³-hybridized carbons (Fsp3) is 0.571. The average Bonchev–Trinajstić information content (AvgIpc) is 2.38. The number of hydrogen-bond acceptors (Lipinski definition) is 2. The average molecular weight is 257 g/mol. The van der Waals surface area contributed by atoms with Crippen molar-refractivity contribution in [1.82, 2.24) is 5.32 Å². The van der Waals surface area contributed by atoms with Crippen LogP contribution < -0.4 is 5.32 Å². The zero-order chi connectivity index (χ0) is 13.7. The van der Waals surface area contributed by atoms with Gasteiger partial charge in [0.25, 0.3) is 0 Å². The molecule has 1 aromatic carbocycles. The molecular weight excluding hydrogens is 236 g/mol. The van der Waals surface area contributed by atoms with Crippen LogP contribution in [0, 0.1) is 18.6 Å². The van der Waals surface area contributed by atoms with E-state index in [2.05, 4.69) is 5.32 Å². The molecule has 0 aromatic heterocycles. The van der Waals surface area contributed by atoms with Crippen molar-refractivity contribution >= 4 is 0 Å². The van der Waals surface area contributed by atoms with Crippen LogP contribution in [0.3, 0.4) is 0 Å². The molecule has 18 heavy (non-hydrogen) atoms. The minimum atomic E-state index is -0.785. The van der Waals surface area contributed by atoms with Gasteiger partial charge in [-0.3, -0.25) is 0 Å². The molecule has 2 unspecified atom stereocenters. The van der Waals surface area contributed by atoms with E-state index in [9.17, 15) is 8.78 Å². The van der Waals surface area contributed by atoms with Crippen LogP contribution in [0.5, 0.6) is 0 Å². The minimum Gasteiger partial charge on any atom is -0.380 e. The number of nitrogens with one attached hydrogen (secondary N) is 1. The van der Waals surface area contributed by atoms with Crippen molar-refractivity contribution in [1.29, 1.82) is 0 Å². The second kappa shape index (κ2) is 6.81. The third-order valence-corrected chi connectivity index (χ3v) is 3.10. The monoisotopic (exact) mass is 257 g/mol. The second-order valence-electron chi connectivity index (χ2n) is 4.47. The van der Waals surface area contributed by atoms with Crippen LogP contribution in [-0.2, 0) is 4.74 Å². The third kappa shape index (κ3) is 3.27. The van der Waals surface area contributed by atoms with Crippen molar-refractivity contribution in [2.24, 2.45) is 0 Å². The first-order chi connectivity index (χ1) is 8.52. The Morgan fingerprint density at radius 2 is 1.94 bits per heavy atom. The van der Waals surface area contributed by atoms with E-state index in [4.69, 9.17) is 4.74 Å². The van der Waals surface area contributed by atoms with Crippen LogP contribution in [0.1, 0.15) is 37.4 Å². The van der Waals surface area contributed by atoms with Gasteiger partial charge in [0.05, 0.1) is 12.1 Å². The third-order valence-electron chi connectivity index (χ3n) is 3.10. The summed E-state index contributed by atoms with van der Waals surface area (Å²) in [6.45, 7) is 6.14. The van der Waals surface area contributed by atoms with Gasteiger partial charge in [-0.25, -0.2) is 8.78 Å². The number of ether oxygens (including phenoxy) is 1. The summed E-state index contributed by atoms with van der Waals surface area (Å²) in [7, 11) is 1.56. The molecule has 1 aromatic rings. The van der Waals surface area contributed by atoms with Crippen LogP contribution in [0.2, 0.25) is 0 Å². The van der Waals surface area contributed by atoms with E-state index in [0.717, 1.165) is 13.0 Å². The molecule has 0 aliphatic rings. The normalized spacial score (nSPS) is 14.6. The molecule has 0 aliphatic carbocycles. The maximum atomic E-state index is 14.0. The highest BCUT2D eigenvalue weighted by Crippen LogP contribution is 2.25. The Kier molecular flexibility index (Phi) is 5.69. The van der Waals surface area contributed by atoms with E-state index in [1.54, 1.807) is 26.2 Å². The van der Waals surface area contributed by atoms with Gasteiger partial charge in [0, 0.05) is 12.7 Å². The Balaban J connectivity index is 3.08. The number of hydrogen-bond donors (Lipinski definition) is 1. The second-order valence-corrected chi connectivity index (χ2v) is 4.47. The first-order valence-corrected chi connectivity index (χ1v) is 6.23. The Morgan fingerprint density at radius 1 is 1.28 bits per heavy atom. The van der Waals surface area contributed by atoms with Gasteiger partial charge in [-0.1, -0.05) is 19.1 Å². The van der Waals surface area contributed by atoms with Crippen molar-refractivity contribution in [2.45, 2.75) is 39.3 Å². The van der Waals surface area contributed by atoms with E-state index < -0.39 is 11.6 Å². The highest BCUT2D eigenvalue weighted by atomic mass is 19.2. The number of rotatable bonds is 6. The zero-order valence-corrected chi connectivity index (χ0v) is 11.4.